The first kappa shape index (κ1) is 17.6. The molecule has 1 aliphatic rings. The molecule has 0 spiro atoms. The lowest BCUT2D eigenvalue weighted by Crippen LogP contribution is -2.46. The largest absolute Gasteiger partial charge is 0.485 e. The summed E-state index contributed by atoms with van der Waals surface area (Å²) in [7, 11) is 0. The molecule has 0 aromatic carbocycles. The van der Waals surface area contributed by atoms with Crippen molar-refractivity contribution in [2.24, 2.45) is 0 Å². The molecule has 5 nitrogen and oxygen atoms in total. The summed E-state index contributed by atoms with van der Waals surface area (Å²) in [5, 5.41) is 8.82. The zero-order valence-corrected chi connectivity index (χ0v) is 15.2. The zero-order chi connectivity index (χ0) is 17.7. The quantitative estimate of drug-likeness (QED) is 0.646. The van der Waals surface area contributed by atoms with Gasteiger partial charge in [-0.1, -0.05) is 36.8 Å². The second-order valence-corrected chi connectivity index (χ2v) is 7.34. The van der Waals surface area contributed by atoms with Crippen molar-refractivity contribution in [3.05, 3.63) is 33.8 Å². The van der Waals surface area contributed by atoms with Crippen LogP contribution in [-0.4, -0.2) is 16.6 Å². The van der Waals surface area contributed by atoms with Gasteiger partial charge in [0.25, 0.3) is 5.91 Å². The Morgan fingerprint density at radius 3 is 2.84 bits per heavy atom. The van der Waals surface area contributed by atoms with E-state index in [1.165, 1.54) is 24.2 Å². The van der Waals surface area contributed by atoms with Crippen molar-refractivity contribution in [3.8, 4) is 18.1 Å². The number of hydrogen-bond acceptors (Lipinski definition) is 5. The summed E-state index contributed by atoms with van der Waals surface area (Å²) in [5.74, 6) is 3.95. The third-order valence-corrected chi connectivity index (χ3v) is 5.37. The highest BCUT2D eigenvalue weighted by Crippen LogP contribution is 2.30. The van der Waals surface area contributed by atoms with Gasteiger partial charge in [-0.25, -0.2) is 0 Å². The summed E-state index contributed by atoms with van der Waals surface area (Å²) in [6, 6.07) is 3.60. The van der Waals surface area contributed by atoms with Gasteiger partial charge in [0.05, 0.1) is 0 Å². The van der Waals surface area contributed by atoms with Crippen molar-refractivity contribution in [2.75, 3.05) is 0 Å². The number of nitrogens with zero attached hydrogens (tertiary/aromatic N) is 1. The number of terminal acetylenes is 1. The lowest BCUT2D eigenvalue weighted by molar-refractivity contribution is 0.0914. The molecule has 1 fully saturated rings. The van der Waals surface area contributed by atoms with Gasteiger partial charge in [-0.15, -0.1) is 17.8 Å². The van der Waals surface area contributed by atoms with Crippen molar-refractivity contribution in [1.29, 1.82) is 0 Å². The van der Waals surface area contributed by atoms with E-state index in [-0.39, 0.29) is 12.5 Å². The molecule has 6 heteroatoms. The first-order valence-electron chi connectivity index (χ1n) is 8.55. The number of amides is 1. The number of carbonyl (C=O) groups excluding carboxylic acids is 1. The van der Waals surface area contributed by atoms with Gasteiger partial charge in [-0.3, -0.25) is 4.79 Å². The van der Waals surface area contributed by atoms with Crippen LogP contribution in [0.1, 0.15) is 59.7 Å². The van der Waals surface area contributed by atoms with E-state index >= 15 is 0 Å². The van der Waals surface area contributed by atoms with Crippen molar-refractivity contribution in [3.63, 3.8) is 0 Å². The zero-order valence-electron chi connectivity index (χ0n) is 14.3. The van der Waals surface area contributed by atoms with Gasteiger partial charge in [-0.2, -0.15) is 0 Å². The number of ether oxygens (including phenoxy) is 1. The topological polar surface area (TPSA) is 64.4 Å². The van der Waals surface area contributed by atoms with Crippen molar-refractivity contribution < 1.29 is 14.1 Å². The van der Waals surface area contributed by atoms with Gasteiger partial charge in [-0.05, 0) is 31.2 Å². The normalized spacial score (nSPS) is 16.6. The summed E-state index contributed by atoms with van der Waals surface area (Å²) < 4.78 is 10.8. The Balaban J connectivity index is 1.68. The predicted molar refractivity (Wildman–Crippen MR) is 96.6 cm³/mol. The minimum atomic E-state index is -0.544. The van der Waals surface area contributed by atoms with E-state index in [0.717, 1.165) is 31.4 Å². The van der Waals surface area contributed by atoms with Gasteiger partial charge in [0, 0.05) is 6.07 Å². The Kier molecular flexibility index (Phi) is 5.44. The summed E-state index contributed by atoms with van der Waals surface area (Å²) in [5.41, 5.74) is 0.150. The average Bonchev–Trinajstić information content (AvgIpc) is 3.18. The van der Waals surface area contributed by atoms with E-state index in [0.29, 0.717) is 16.3 Å². The predicted octanol–water partition coefficient (Wildman–Crippen LogP) is 4.08. The van der Waals surface area contributed by atoms with Crippen LogP contribution in [0.4, 0.5) is 0 Å². The number of thiophene rings is 1. The Hall–Kier alpha value is -2.26. The highest BCUT2D eigenvalue weighted by Gasteiger charge is 2.31. The van der Waals surface area contributed by atoms with Crippen LogP contribution in [-0.2, 0) is 6.61 Å². The maximum atomic E-state index is 12.8. The van der Waals surface area contributed by atoms with E-state index in [1.807, 2.05) is 18.4 Å². The van der Waals surface area contributed by atoms with Crippen LogP contribution in [0.15, 0.2) is 22.0 Å². The van der Waals surface area contributed by atoms with Crippen LogP contribution >= 0.6 is 11.3 Å². The molecule has 2 aromatic heterocycles. The van der Waals surface area contributed by atoms with Crippen molar-refractivity contribution in [2.45, 2.75) is 57.6 Å². The Labute approximate surface area is 151 Å². The first-order valence-corrected chi connectivity index (χ1v) is 9.43. The Morgan fingerprint density at radius 2 is 2.20 bits per heavy atom. The van der Waals surface area contributed by atoms with Crippen LogP contribution in [0.5, 0.6) is 5.75 Å². The van der Waals surface area contributed by atoms with Gasteiger partial charge in [0.2, 0.25) is 0 Å². The van der Waals surface area contributed by atoms with E-state index in [2.05, 4.69) is 16.4 Å². The molecule has 1 amide bonds. The molecular weight excluding hydrogens is 336 g/mol. The molecule has 25 heavy (non-hydrogen) atoms. The lowest BCUT2D eigenvalue weighted by Gasteiger charge is -2.28. The van der Waals surface area contributed by atoms with Gasteiger partial charge in [0.15, 0.2) is 0 Å². The van der Waals surface area contributed by atoms with Crippen molar-refractivity contribution in [1.82, 2.24) is 10.5 Å². The molecule has 0 unspecified atom stereocenters. The Bertz CT molecular complexity index is 764. The second kappa shape index (κ2) is 7.75. The molecule has 1 aliphatic carbocycles. The fraction of sp³-hybridized carbons (Fsp3) is 0.474. The highest BCUT2D eigenvalue weighted by atomic mass is 32.1. The number of aryl methyl sites for hydroxylation is 1. The molecule has 1 N–H and O–H groups in total. The van der Waals surface area contributed by atoms with Crippen LogP contribution in [0.2, 0.25) is 0 Å². The molecule has 3 rings (SSSR count). The summed E-state index contributed by atoms with van der Waals surface area (Å²) >= 11 is 1.35. The molecule has 132 valence electrons. The highest BCUT2D eigenvalue weighted by molar-refractivity contribution is 7.12. The van der Waals surface area contributed by atoms with E-state index in [4.69, 9.17) is 15.7 Å². The fourth-order valence-corrected chi connectivity index (χ4v) is 3.85. The molecule has 0 aliphatic heterocycles. The standard InChI is InChI=1S/C19H22N2O3S/c1-3-19(9-6-4-5-7-10-19)20-18(22)17-16(8-11-25-17)23-13-15-12-14(2)24-21-15/h1,8,11-12H,4-7,9-10,13H2,2H3,(H,20,22). The van der Waals surface area contributed by atoms with Crippen molar-refractivity contribution >= 4 is 17.2 Å². The monoisotopic (exact) mass is 358 g/mol. The van der Waals surface area contributed by atoms with Crippen LogP contribution < -0.4 is 10.1 Å². The smallest absolute Gasteiger partial charge is 0.266 e. The summed E-state index contributed by atoms with van der Waals surface area (Å²) in [6.45, 7) is 2.08. The van der Waals surface area contributed by atoms with Crippen LogP contribution in [0, 0.1) is 19.3 Å². The van der Waals surface area contributed by atoms with Gasteiger partial charge in [0.1, 0.15) is 34.2 Å². The lowest BCUT2D eigenvalue weighted by atomic mass is 9.91. The second-order valence-electron chi connectivity index (χ2n) is 6.43. The fourth-order valence-electron chi connectivity index (χ4n) is 3.13. The summed E-state index contributed by atoms with van der Waals surface area (Å²) in [4.78, 5) is 13.3. The maximum Gasteiger partial charge on any atom is 0.266 e. The van der Waals surface area contributed by atoms with Gasteiger partial charge < -0.3 is 14.6 Å². The number of carbonyl (C=O) groups is 1. The molecule has 0 bridgehead atoms. The third-order valence-electron chi connectivity index (χ3n) is 4.47. The number of aromatic nitrogens is 1. The molecule has 0 atom stereocenters. The number of nitrogens with one attached hydrogen (secondary N) is 1. The SMILES string of the molecule is C#CC1(NC(=O)c2sccc2OCc2cc(C)on2)CCCCCC1. The number of hydrogen-bond donors (Lipinski definition) is 1. The molecule has 1 saturated carbocycles. The molecule has 0 radical (unpaired) electrons. The van der Waals surface area contributed by atoms with Crippen LogP contribution in [0.25, 0.3) is 0 Å². The minimum absolute atomic E-state index is 0.166. The van der Waals surface area contributed by atoms with E-state index in [1.54, 1.807) is 6.07 Å². The van der Waals surface area contributed by atoms with Crippen LogP contribution in [0.3, 0.4) is 0 Å². The molecular formula is C19H22N2O3S. The summed E-state index contributed by atoms with van der Waals surface area (Å²) in [6.07, 6.45) is 11.9. The average molecular weight is 358 g/mol. The maximum absolute atomic E-state index is 12.8. The molecule has 2 aromatic rings. The molecule has 2 heterocycles. The molecule has 0 saturated heterocycles. The Morgan fingerprint density at radius 1 is 1.44 bits per heavy atom. The minimum Gasteiger partial charge on any atom is -0.485 e. The van der Waals surface area contributed by atoms with E-state index < -0.39 is 5.54 Å². The first-order chi connectivity index (χ1) is 12.1. The third kappa shape index (κ3) is 4.23. The van der Waals surface area contributed by atoms with Gasteiger partial charge >= 0.3 is 0 Å². The van der Waals surface area contributed by atoms with E-state index in [9.17, 15) is 4.79 Å². The number of rotatable bonds is 5.